The summed E-state index contributed by atoms with van der Waals surface area (Å²) in [5, 5.41) is 0. The molecule has 2 rings (SSSR count). The Balaban J connectivity index is 2.27. The van der Waals surface area contributed by atoms with E-state index in [-0.39, 0.29) is 22.7 Å². The molecule has 0 amide bonds. The van der Waals surface area contributed by atoms with Crippen LogP contribution in [0.4, 0.5) is 0 Å². The van der Waals surface area contributed by atoms with Gasteiger partial charge < -0.3 is 0 Å². The zero-order chi connectivity index (χ0) is 14.1. The molecule has 0 aromatic heterocycles. The molecule has 3 nitrogen and oxygen atoms in total. The summed E-state index contributed by atoms with van der Waals surface area (Å²) in [6.07, 6.45) is 10.4. The van der Waals surface area contributed by atoms with Crippen LogP contribution < -0.4 is 0 Å². The maximum Gasteiger partial charge on any atom is 0.146 e. The summed E-state index contributed by atoms with van der Waals surface area (Å²) in [6, 6.07) is 0. The molecular weight excluding hydrogens is 240 g/mol. The first-order valence-electron chi connectivity index (χ1n) is 7.00. The van der Waals surface area contributed by atoms with E-state index >= 15 is 0 Å². The average Bonchev–Trinajstić information content (AvgIpc) is 2.36. The highest BCUT2D eigenvalue weighted by Gasteiger charge is 2.51. The second-order valence-corrected chi connectivity index (χ2v) is 6.28. The van der Waals surface area contributed by atoms with Crippen molar-refractivity contribution in [3.63, 3.8) is 0 Å². The van der Waals surface area contributed by atoms with E-state index in [1.807, 2.05) is 6.92 Å². The molecule has 0 aromatic carbocycles. The van der Waals surface area contributed by atoms with E-state index in [1.54, 1.807) is 0 Å². The van der Waals surface area contributed by atoms with Crippen molar-refractivity contribution >= 4 is 5.78 Å². The zero-order valence-corrected chi connectivity index (χ0v) is 12.3. The van der Waals surface area contributed by atoms with E-state index in [1.165, 1.54) is 7.11 Å². The van der Waals surface area contributed by atoms with E-state index in [0.29, 0.717) is 12.4 Å². The third-order valence-corrected chi connectivity index (χ3v) is 4.85. The van der Waals surface area contributed by atoms with Crippen molar-refractivity contribution in [2.75, 3.05) is 13.7 Å². The van der Waals surface area contributed by atoms with Gasteiger partial charge in [0.15, 0.2) is 0 Å². The Labute approximate surface area is 115 Å². The van der Waals surface area contributed by atoms with Gasteiger partial charge in [-0.2, -0.15) is 0 Å². The number of fused-ring (bicyclic) bond motifs is 1. The lowest BCUT2D eigenvalue weighted by atomic mass is 9.53. The molecule has 19 heavy (non-hydrogen) atoms. The number of carbonyl (C=O) groups excluding carboxylic acids is 1. The van der Waals surface area contributed by atoms with Crippen LogP contribution in [0.25, 0.3) is 0 Å². The first-order chi connectivity index (χ1) is 8.94. The number of Topliss-reactive ketones (excluding diaryl/α,β-unsaturated/α-hetero) is 1. The van der Waals surface area contributed by atoms with Gasteiger partial charge in [-0.05, 0) is 24.2 Å². The van der Waals surface area contributed by atoms with Crippen LogP contribution in [0.15, 0.2) is 24.3 Å². The second-order valence-electron chi connectivity index (χ2n) is 6.28. The average molecular weight is 264 g/mol. The fourth-order valence-electron chi connectivity index (χ4n) is 3.69. The van der Waals surface area contributed by atoms with Crippen LogP contribution in [0.3, 0.4) is 0 Å². The second kappa shape index (κ2) is 5.22. The highest BCUT2D eigenvalue weighted by atomic mass is 17.2. The lowest BCUT2D eigenvalue weighted by Crippen LogP contribution is -2.49. The Kier molecular flexibility index (Phi) is 3.98. The van der Waals surface area contributed by atoms with E-state index in [0.717, 1.165) is 12.8 Å². The Hall–Kier alpha value is -0.930. The third kappa shape index (κ3) is 2.41. The summed E-state index contributed by atoms with van der Waals surface area (Å²) in [4.78, 5) is 22.2. The topological polar surface area (TPSA) is 35.5 Å². The maximum atomic E-state index is 12.6. The summed E-state index contributed by atoms with van der Waals surface area (Å²) in [6.45, 7) is 6.85. The fourth-order valence-corrected chi connectivity index (χ4v) is 3.69. The van der Waals surface area contributed by atoms with Crippen molar-refractivity contribution in [2.45, 2.75) is 33.6 Å². The Morgan fingerprint density at radius 3 is 2.79 bits per heavy atom. The van der Waals surface area contributed by atoms with Gasteiger partial charge in [0.2, 0.25) is 0 Å². The lowest BCUT2D eigenvalue weighted by Gasteiger charge is -2.49. The molecular formula is C16H24O3. The molecule has 4 atom stereocenters. The van der Waals surface area contributed by atoms with Gasteiger partial charge in [-0.1, -0.05) is 45.1 Å². The minimum Gasteiger partial charge on any atom is -0.298 e. The predicted molar refractivity (Wildman–Crippen MR) is 74.4 cm³/mol. The van der Waals surface area contributed by atoms with Gasteiger partial charge in [-0.25, -0.2) is 9.78 Å². The van der Waals surface area contributed by atoms with Gasteiger partial charge in [0, 0.05) is 11.3 Å². The maximum absolute atomic E-state index is 12.6. The van der Waals surface area contributed by atoms with Crippen LogP contribution in [-0.4, -0.2) is 19.5 Å². The van der Waals surface area contributed by atoms with Crippen LogP contribution in [0.2, 0.25) is 0 Å². The SMILES string of the molecule is COOCC[C@@]1(C)C=CC[C@]2(C)C(=O)C(C)C=CC12. The predicted octanol–water partition coefficient (Wildman–Crippen LogP) is 3.32. The number of hydrogen-bond acceptors (Lipinski definition) is 3. The van der Waals surface area contributed by atoms with Crippen LogP contribution in [0.5, 0.6) is 0 Å². The quantitative estimate of drug-likeness (QED) is 0.338. The first-order valence-corrected chi connectivity index (χ1v) is 7.00. The molecule has 2 unspecified atom stereocenters. The molecule has 0 fully saturated rings. The highest BCUT2D eigenvalue weighted by molar-refractivity contribution is 5.90. The summed E-state index contributed by atoms with van der Waals surface area (Å²) in [7, 11) is 1.52. The molecule has 0 saturated carbocycles. The van der Waals surface area contributed by atoms with Gasteiger partial charge in [0.05, 0.1) is 13.7 Å². The van der Waals surface area contributed by atoms with E-state index < -0.39 is 0 Å². The monoisotopic (exact) mass is 264 g/mol. The molecule has 0 spiro atoms. The molecule has 0 aromatic rings. The number of carbonyl (C=O) groups is 1. The molecule has 2 aliphatic rings. The smallest absolute Gasteiger partial charge is 0.146 e. The largest absolute Gasteiger partial charge is 0.298 e. The summed E-state index contributed by atoms with van der Waals surface area (Å²) in [5.41, 5.74) is -0.317. The molecule has 0 saturated heterocycles. The van der Waals surface area contributed by atoms with Gasteiger partial charge in [0.25, 0.3) is 0 Å². The number of rotatable bonds is 4. The van der Waals surface area contributed by atoms with E-state index in [9.17, 15) is 4.79 Å². The highest BCUT2D eigenvalue weighted by Crippen LogP contribution is 2.53. The third-order valence-electron chi connectivity index (χ3n) is 4.85. The minimum absolute atomic E-state index is 0.0345. The summed E-state index contributed by atoms with van der Waals surface area (Å²) in [5.74, 6) is 0.643. The van der Waals surface area contributed by atoms with Crippen molar-refractivity contribution in [1.29, 1.82) is 0 Å². The summed E-state index contributed by atoms with van der Waals surface area (Å²) >= 11 is 0. The number of hydrogen-bond donors (Lipinski definition) is 0. The summed E-state index contributed by atoms with van der Waals surface area (Å²) < 4.78 is 0. The molecule has 106 valence electrons. The van der Waals surface area contributed by atoms with Gasteiger partial charge in [-0.15, -0.1) is 0 Å². The van der Waals surface area contributed by atoms with Crippen LogP contribution >= 0.6 is 0 Å². The molecule has 0 heterocycles. The van der Waals surface area contributed by atoms with Crippen LogP contribution in [0.1, 0.15) is 33.6 Å². The Morgan fingerprint density at radius 1 is 1.37 bits per heavy atom. The number of allylic oxidation sites excluding steroid dienone is 4. The molecule has 0 bridgehead atoms. The fraction of sp³-hybridized carbons (Fsp3) is 0.688. The number of ketones is 1. The lowest BCUT2D eigenvalue weighted by molar-refractivity contribution is -0.276. The molecule has 0 radical (unpaired) electrons. The molecule has 0 aliphatic heterocycles. The van der Waals surface area contributed by atoms with Crippen LogP contribution in [0, 0.1) is 22.7 Å². The molecule has 2 aliphatic carbocycles. The normalized spacial score (nSPS) is 41.4. The van der Waals surface area contributed by atoms with Crippen molar-refractivity contribution in [3.05, 3.63) is 24.3 Å². The Bertz CT molecular complexity index is 412. The standard InChI is InChI=1S/C16H24O3/c1-12-6-7-13-15(2,10-11-19-18-4)8-5-9-16(13,3)14(12)17/h5-8,12-13H,9-11H2,1-4H3/t12?,13?,15-,16+/m1/s1. The van der Waals surface area contributed by atoms with Crippen molar-refractivity contribution < 1.29 is 14.6 Å². The van der Waals surface area contributed by atoms with Gasteiger partial charge in [-0.3, -0.25) is 4.79 Å². The Morgan fingerprint density at radius 2 is 2.11 bits per heavy atom. The van der Waals surface area contributed by atoms with Crippen LogP contribution in [-0.2, 0) is 14.6 Å². The van der Waals surface area contributed by atoms with Gasteiger partial charge >= 0.3 is 0 Å². The van der Waals surface area contributed by atoms with Crippen molar-refractivity contribution in [3.8, 4) is 0 Å². The van der Waals surface area contributed by atoms with E-state index in [2.05, 4.69) is 43.0 Å². The van der Waals surface area contributed by atoms with Crippen molar-refractivity contribution in [2.24, 2.45) is 22.7 Å². The first kappa shape index (κ1) is 14.5. The minimum atomic E-state index is -0.273. The zero-order valence-electron chi connectivity index (χ0n) is 12.3. The molecule has 0 N–H and O–H groups in total. The molecule has 3 heteroatoms. The van der Waals surface area contributed by atoms with E-state index in [4.69, 9.17) is 4.89 Å². The van der Waals surface area contributed by atoms with Gasteiger partial charge in [0.1, 0.15) is 5.78 Å². The van der Waals surface area contributed by atoms with Crippen molar-refractivity contribution in [1.82, 2.24) is 0 Å².